The van der Waals surface area contributed by atoms with E-state index < -0.39 is 0 Å². The van der Waals surface area contributed by atoms with Crippen LogP contribution in [0.2, 0.25) is 5.02 Å². The second-order valence-corrected chi connectivity index (χ2v) is 8.42. The number of hydrogen-bond donors (Lipinski definition) is 1. The molecule has 0 saturated carbocycles. The van der Waals surface area contributed by atoms with Gasteiger partial charge >= 0.3 is 0 Å². The van der Waals surface area contributed by atoms with Crippen molar-refractivity contribution in [3.05, 3.63) is 64.3 Å². The number of benzene rings is 2. The standard InChI is InChI=1S/C25H27ClN2O4/c1-15(5-6-16(2)29)27-24(30)14-21-17(3)28(23-12-11-20(32-4)13-22(21)23)25(31)18-7-9-19(26)10-8-18/h7-13,15H,5-6,14H2,1-4H3,(H,27,30). The summed E-state index contributed by atoms with van der Waals surface area (Å²) in [6.45, 7) is 5.25. The summed E-state index contributed by atoms with van der Waals surface area (Å²) in [5, 5.41) is 4.29. The fourth-order valence-electron chi connectivity index (χ4n) is 3.77. The van der Waals surface area contributed by atoms with Gasteiger partial charge in [-0.3, -0.25) is 14.2 Å². The number of hydrogen-bond acceptors (Lipinski definition) is 4. The van der Waals surface area contributed by atoms with Crippen molar-refractivity contribution >= 4 is 40.1 Å². The van der Waals surface area contributed by atoms with Gasteiger partial charge in [0.25, 0.3) is 5.91 Å². The molecule has 32 heavy (non-hydrogen) atoms. The Morgan fingerprint density at radius 2 is 1.81 bits per heavy atom. The van der Waals surface area contributed by atoms with Crippen LogP contribution in [0.4, 0.5) is 0 Å². The molecule has 0 spiro atoms. The van der Waals surface area contributed by atoms with E-state index >= 15 is 0 Å². The molecule has 1 heterocycles. The number of ether oxygens (including phenoxy) is 1. The zero-order valence-electron chi connectivity index (χ0n) is 18.7. The number of halogens is 1. The molecule has 0 fully saturated rings. The van der Waals surface area contributed by atoms with Gasteiger partial charge in [0.1, 0.15) is 11.5 Å². The molecule has 7 heteroatoms. The molecule has 168 valence electrons. The van der Waals surface area contributed by atoms with Crippen molar-refractivity contribution in [3.63, 3.8) is 0 Å². The van der Waals surface area contributed by atoms with Gasteiger partial charge in [0.2, 0.25) is 5.91 Å². The largest absolute Gasteiger partial charge is 0.497 e. The van der Waals surface area contributed by atoms with Crippen LogP contribution in [0.15, 0.2) is 42.5 Å². The van der Waals surface area contributed by atoms with Crippen LogP contribution in [-0.4, -0.2) is 35.3 Å². The third-order valence-corrected chi connectivity index (χ3v) is 5.76. The summed E-state index contributed by atoms with van der Waals surface area (Å²) in [4.78, 5) is 37.3. The lowest BCUT2D eigenvalue weighted by atomic mass is 10.1. The van der Waals surface area contributed by atoms with Crippen LogP contribution in [0.25, 0.3) is 10.9 Å². The molecule has 1 N–H and O–H groups in total. The lowest BCUT2D eigenvalue weighted by molar-refractivity contribution is -0.122. The average Bonchev–Trinajstić information content (AvgIpc) is 3.02. The van der Waals surface area contributed by atoms with Gasteiger partial charge in [-0.15, -0.1) is 0 Å². The highest BCUT2D eigenvalue weighted by Gasteiger charge is 2.22. The number of methoxy groups -OCH3 is 1. The molecule has 0 aliphatic rings. The van der Waals surface area contributed by atoms with Crippen molar-refractivity contribution in [2.45, 2.75) is 46.1 Å². The summed E-state index contributed by atoms with van der Waals surface area (Å²) in [5.41, 5.74) is 2.66. The van der Waals surface area contributed by atoms with Gasteiger partial charge in [0, 0.05) is 34.1 Å². The molecule has 1 unspecified atom stereocenters. The number of aromatic nitrogens is 1. The van der Waals surface area contributed by atoms with Gasteiger partial charge < -0.3 is 14.8 Å². The monoisotopic (exact) mass is 454 g/mol. The number of carbonyl (C=O) groups is 3. The van der Waals surface area contributed by atoms with E-state index in [2.05, 4.69) is 5.32 Å². The minimum atomic E-state index is -0.198. The molecule has 1 aromatic heterocycles. The zero-order valence-corrected chi connectivity index (χ0v) is 19.5. The van der Waals surface area contributed by atoms with Crippen molar-refractivity contribution in [1.29, 1.82) is 0 Å². The number of nitrogens with one attached hydrogen (secondary N) is 1. The number of carbonyl (C=O) groups excluding carboxylic acids is 3. The molecule has 0 bridgehead atoms. The molecular formula is C25H27ClN2O4. The summed E-state index contributed by atoms with van der Waals surface area (Å²) in [5.74, 6) is 0.378. The molecular weight excluding hydrogens is 428 g/mol. The van der Waals surface area contributed by atoms with Gasteiger partial charge in [-0.05, 0) is 75.2 Å². The zero-order chi connectivity index (χ0) is 23.4. The molecule has 0 aliphatic heterocycles. The van der Waals surface area contributed by atoms with Crippen LogP contribution in [0, 0.1) is 6.92 Å². The first-order chi connectivity index (χ1) is 15.2. The van der Waals surface area contributed by atoms with Crippen LogP contribution in [-0.2, 0) is 16.0 Å². The van der Waals surface area contributed by atoms with Gasteiger partial charge in [-0.2, -0.15) is 0 Å². The van der Waals surface area contributed by atoms with E-state index in [1.807, 2.05) is 26.0 Å². The molecule has 0 radical (unpaired) electrons. The second kappa shape index (κ2) is 10.0. The first kappa shape index (κ1) is 23.5. The smallest absolute Gasteiger partial charge is 0.262 e. The van der Waals surface area contributed by atoms with Crippen LogP contribution >= 0.6 is 11.6 Å². The third kappa shape index (κ3) is 5.19. The van der Waals surface area contributed by atoms with Crippen molar-refractivity contribution in [2.75, 3.05) is 7.11 Å². The first-order valence-corrected chi connectivity index (χ1v) is 10.9. The maximum absolute atomic E-state index is 13.3. The Morgan fingerprint density at radius 1 is 1.12 bits per heavy atom. The highest BCUT2D eigenvalue weighted by Crippen LogP contribution is 2.31. The second-order valence-electron chi connectivity index (χ2n) is 7.98. The molecule has 0 saturated heterocycles. The van der Waals surface area contributed by atoms with Gasteiger partial charge in [0.05, 0.1) is 19.0 Å². The number of ketones is 1. The van der Waals surface area contributed by atoms with Gasteiger partial charge in [0.15, 0.2) is 0 Å². The van der Waals surface area contributed by atoms with Crippen molar-refractivity contribution in [2.24, 2.45) is 0 Å². The molecule has 1 amide bonds. The van der Waals surface area contributed by atoms with E-state index in [1.54, 1.807) is 42.0 Å². The van der Waals surface area contributed by atoms with Crippen LogP contribution in [0.5, 0.6) is 5.75 Å². The Bertz CT molecular complexity index is 1160. The van der Waals surface area contributed by atoms with E-state index in [9.17, 15) is 14.4 Å². The first-order valence-electron chi connectivity index (χ1n) is 10.5. The maximum Gasteiger partial charge on any atom is 0.262 e. The van der Waals surface area contributed by atoms with Gasteiger partial charge in [-0.25, -0.2) is 0 Å². The Hall–Kier alpha value is -3.12. The van der Waals surface area contributed by atoms with Crippen LogP contribution in [0.3, 0.4) is 0 Å². The lowest BCUT2D eigenvalue weighted by Gasteiger charge is -2.13. The lowest BCUT2D eigenvalue weighted by Crippen LogP contribution is -2.34. The van der Waals surface area contributed by atoms with E-state index in [0.717, 1.165) is 10.9 Å². The predicted octanol–water partition coefficient (Wildman–Crippen LogP) is 4.72. The minimum absolute atomic E-state index is 0.0952. The van der Waals surface area contributed by atoms with E-state index in [1.165, 1.54) is 6.92 Å². The number of fused-ring (bicyclic) bond motifs is 1. The molecule has 3 rings (SSSR count). The Labute approximate surface area is 192 Å². The Morgan fingerprint density at radius 3 is 2.44 bits per heavy atom. The van der Waals surface area contributed by atoms with E-state index in [-0.39, 0.29) is 30.1 Å². The topological polar surface area (TPSA) is 77.4 Å². The number of Topliss-reactive ketones (excluding diaryl/α,β-unsaturated/α-hetero) is 1. The van der Waals surface area contributed by atoms with E-state index in [0.29, 0.717) is 40.4 Å². The molecule has 6 nitrogen and oxygen atoms in total. The number of nitrogens with zero attached hydrogens (tertiary/aromatic N) is 1. The quantitative estimate of drug-likeness (QED) is 0.534. The fourth-order valence-corrected chi connectivity index (χ4v) is 3.90. The highest BCUT2D eigenvalue weighted by atomic mass is 35.5. The van der Waals surface area contributed by atoms with Crippen molar-refractivity contribution in [3.8, 4) is 5.75 Å². The van der Waals surface area contributed by atoms with Crippen LogP contribution < -0.4 is 10.1 Å². The predicted molar refractivity (Wildman–Crippen MR) is 126 cm³/mol. The van der Waals surface area contributed by atoms with Crippen molar-refractivity contribution in [1.82, 2.24) is 9.88 Å². The molecule has 3 aromatic rings. The third-order valence-electron chi connectivity index (χ3n) is 5.51. The number of rotatable bonds is 8. The Balaban J connectivity index is 1.97. The van der Waals surface area contributed by atoms with E-state index in [4.69, 9.17) is 16.3 Å². The summed E-state index contributed by atoms with van der Waals surface area (Å²) in [7, 11) is 1.58. The maximum atomic E-state index is 13.3. The summed E-state index contributed by atoms with van der Waals surface area (Å²) >= 11 is 5.97. The molecule has 1 atom stereocenters. The Kier molecular flexibility index (Phi) is 7.36. The number of amides is 1. The summed E-state index contributed by atoms with van der Waals surface area (Å²) < 4.78 is 6.99. The summed E-state index contributed by atoms with van der Waals surface area (Å²) in [6, 6.07) is 12.1. The molecule has 0 aliphatic carbocycles. The average molecular weight is 455 g/mol. The molecule has 2 aromatic carbocycles. The summed E-state index contributed by atoms with van der Waals surface area (Å²) in [6.07, 6.45) is 1.12. The SMILES string of the molecule is COc1ccc2c(c1)c(CC(=O)NC(C)CCC(C)=O)c(C)n2C(=O)c1ccc(Cl)cc1. The normalized spacial score (nSPS) is 11.9. The van der Waals surface area contributed by atoms with Gasteiger partial charge in [-0.1, -0.05) is 11.6 Å². The van der Waals surface area contributed by atoms with Crippen molar-refractivity contribution < 1.29 is 19.1 Å². The fraction of sp³-hybridized carbons (Fsp3) is 0.320. The highest BCUT2D eigenvalue weighted by molar-refractivity contribution is 6.30. The minimum Gasteiger partial charge on any atom is -0.497 e. The van der Waals surface area contributed by atoms with Crippen LogP contribution in [0.1, 0.15) is 48.3 Å².